The van der Waals surface area contributed by atoms with Crippen LogP contribution >= 0.6 is 0 Å². The maximum absolute atomic E-state index is 10.3. The summed E-state index contributed by atoms with van der Waals surface area (Å²) in [6, 6.07) is 0. The van der Waals surface area contributed by atoms with Gasteiger partial charge in [-0.2, -0.15) is 0 Å². The van der Waals surface area contributed by atoms with Crippen LogP contribution in [0.4, 0.5) is 0 Å². The molecule has 12 heavy (non-hydrogen) atoms. The molecule has 7 nitrogen and oxygen atoms in total. The molecule has 0 fully saturated rings. The average molecular weight is 196 g/mol. The Labute approximate surface area is 67.6 Å². The summed E-state index contributed by atoms with van der Waals surface area (Å²) in [4.78, 5) is 29.9. The lowest BCUT2D eigenvalue weighted by atomic mass is 10.5. The van der Waals surface area contributed by atoms with E-state index in [4.69, 9.17) is 0 Å². The largest absolute Gasteiger partial charge is 0.506 e. The summed E-state index contributed by atoms with van der Waals surface area (Å²) in [7, 11) is -4.71. The zero-order chi connectivity index (χ0) is 9.78. The van der Waals surface area contributed by atoms with Crippen LogP contribution in [-0.4, -0.2) is 26.6 Å². The molecule has 0 saturated heterocycles. The quantitative estimate of drug-likeness (QED) is 0.399. The molecule has 0 rings (SSSR count). The molecule has 0 amide bonds. The third kappa shape index (κ3) is 3.66. The zero-order valence-electron chi connectivity index (χ0n) is 5.84. The van der Waals surface area contributed by atoms with Gasteiger partial charge in [-0.15, -0.1) is 8.42 Å². The number of Topliss-reactive ketones (excluding diaryl/α,β-unsaturated/α-hetero) is 1. The number of carbonyl (C=O) groups is 3. The van der Waals surface area contributed by atoms with Crippen molar-refractivity contribution in [2.45, 2.75) is 6.92 Å². The lowest BCUT2D eigenvalue weighted by Gasteiger charge is -1.97. The summed E-state index contributed by atoms with van der Waals surface area (Å²) >= 11 is 0. The molecule has 0 N–H and O–H groups in total. The lowest BCUT2D eigenvalue weighted by molar-refractivity contribution is -0.146. The molecule has 0 bridgehead atoms. The second kappa shape index (κ2) is 3.81. The van der Waals surface area contributed by atoms with Gasteiger partial charge in [0.1, 0.15) is 0 Å². The van der Waals surface area contributed by atoms with Crippen LogP contribution in [0.2, 0.25) is 0 Å². The Hall–Kier alpha value is -1.44. The van der Waals surface area contributed by atoms with Gasteiger partial charge in [0.15, 0.2) is 0 Å². The first-order valence-electron chi connectivity index (χ1n) is 2.50. The Kier molecular flexibility index (Phi) is 3.35. The average Bonchev–Trinajstić information content (AvgIpc) is 1.85. The number of hydrogen-bond acceptors (Lipinski definition) is 7. The van der Waals surface area contributed by atoms with E-state index in [0.717, 1.165) is 6.92 Å². The highest BCUT2D eigenvalue weighted by atomic mass is 32.3. The van der Waals surface area contributed by atoms with E-state index in [-0.39, 0.29) is 0 Å². The van der Waals surface area contributed by atoms with Gasteiger partial charge in [0.05, 0.1) is 0 Å². The fraction of sp³-hybridized carbons (Fsp3) is 0.250. The minimum absolute atomic E-state index is 0.442. The fourth-order valence-corrected chi connectivity index (χ4v) is 0.657. The molecule has 0 atom stereocenters. The molecule has 0 heterocycles. The monoisotopic (exact) mass is 196 g/mol. The zero-order valence-corrected chi connectivity index (χ0v) is 6.66. The predicted molar refractivity (Wildman–Crippen MR) is 32.8 cm³/mol. The molecule has 0 aromatic rings. The summed E-state index contributed by atoms with van der Waals surface area (Å²) in [6.45, 7) is 0.363. The van der Waals surface area contributed by atoms with E-state index in [9.17, 15) is 22.8 Å². The third-order valence-corrected chi connectivity index (χ3v) is 1.29. The van der Waals surface area contributed by atoms with Gasteiger partial charge in [0, 0.05) is 6.92 Å². The van der Waals surface area contributed by atoms with E-state index in [2.05, 4.69) is 8.37 Å². The highest BCUT2D eigenvalue weighted by Crippen LogP contribution is 1.94. The smallest absolute Gasteiger partial charge is 0.319 e. The van der Waals surface area contributed by atoms with Gasteiger partial charge in [-0.1, -0.05) is 0 Å². The second-order valence-electron chi connectivity index (χ2n) is 1.53. The van der Waals surface area contributed by atoms with E-state index in [1.54, 1.807) is 0 Å². The third-order valence-electron chi connectivity index (χ3n) is 0.622. The molecule has 0 aromatic carbocycles. The molecule has 0 aliphatic heterocycles. The van der Waals surface area contributed by atoms with Crippen LogP contribution in [-0.2, 0) is 33.1 Å². The first-order chi connectivity index (χ1) is 5.39. The highest BCUT2D eigenvalue weighted by Gasteiger charge is 2.21. The van der Waals surface area contributed by atoms with Crippen molar-refractivity contribution in [2.24, 2.45) is 0 Å². The van der Waals surface area contributed by atoms with Crippen molar-refractivity contribution in [2.75, 3.05) is 0 Å². The molecule has 0 aliphatic carbocycles. The first-order valence-corrected chi connectivity index (χ1v) is 3.83. The molecule has 0 saturated carbocycles. The maximum atomic E-state index is 10.3. The summed E-state index contributed by atoms with van der Waals surface area (Å²) < 4.78 is 27.4. The van der Waals surface area contributed by atoms with E-state index >= 15 is 0 Å². The number of hydrogen-bond donors (Lipinski definition) is 0. The van der Waals surface area contributed by atoms with Crippen LogP contribution in [0.15, 0.2) is 0 Å². The van der Waals surface area contributed by atoms with Crippen molar-refractivity contribution in [3.8, 4) is 0 Å². The van der Waals surface area contributed by atoms with Gasteiger partial charge in [-0.25, -0.2) is 4.79 Å². The molecule has 68 valence electrons. The molecule has 8 heteroatoms. The van der Waals surface area contributed by atoms with Gasteiger partial charge in [0.25, 0.3) is 0 Å². The van der Waals surface area contributed by atoms with E-state index in [1.165, 1.54) is 0 Å². The number of rotatable bonds is 4. The van der Waals surface area contributed by atoms with Crippen LogP contribution in [0, 0.1) is 0 Å². The SMILES string of the molecule is CC(=O)C(=O)OS(=O)(=O)OC=O. The van der Waals surface area contributed by atoms with Gasteiger partial charge >= 0.3 is 22.8 Å². The Morgan fingerprint density at radius 1 is 1.33 bits per heavy atom. The molecular formula is C4H4O7S. The van der Waals surface area contributed by atoms with Crippen molar-refractivity contribution >= 4 is 28.6 Å². The predicted octanol–water partition coefficient (Wildman–Crippen LogP) is -1.46. The van der Waals surface area contributed by atoms with Crippen LogP contribution in [0.3, 0.4) is 0 Å². The molecule has 0 radical (unpaired) electrons. The van der Waals surface area contributed by atoms with Gasteiger partial charge in [-0.05, 0) is 0 Å². The summed E-state index contributed by atoms with van der Waals surface area (Å²) in [6.07, 6.45) is 0. The van der Waals surface area contributed by atoms with Crippen LogP contribution in [0.25, 0.3) is 0 Å². The number of carbonyl (C=O) groups excluding carboxylic acids is 3. The van der Waals surface area contributed by atoms with Crippen LogP contribution in [0.1, 0.15) is 6.92 Å². The lowest BCUT2D eigenvalue weighted by Crippen LogP contribution is -2.20. The first kappa shape index (κ1) is 10.6. The van der Waals surface area contributed by atoms with E-state index in [0.29, 0.717) is 0 Å². The van der Waals surface area contributed by atoms with Gasteiger partial charge in [0.2, 0.25) is 5.78 Å². The summed E-state index contributed by atoms with van der Waals surface area (Å²) in [5.41, 5.74) is 0. The molecule has 0 aromatic heterocycles. The maximum Gasteiger partial charge on any atom is 0.506 e. The van der Waals surface area contributed by atoms with Crippen molar-refractivity contribution < 1.29 is 31.2 Å². The van der Waals surface area contributed by atoms with Gasteiger partial charge < -0.3 is 8.37 Å². The van der Waals surface area contributed by atoms with Gasteiger partial charge in [-0.3, -0.25) is 9.59 Å². The molecule has 0 aliphatic rings. The van der Waals surface area contributed by atoms with Crippen molar-refractivity contribution in [1.29, 1.82) is 0 Å². The van der Waals surface area contributed by atoms with E-state index in [1.807, 2.05) is 0 Å². The summed E-state index contributed by atoms with van der Waals surface area (Å²) in [5.74, 6) is -2.73. The van der Waals surface area contributed by atoms with Crippen LogP contribution < -0.4 is 0 Å². The minimum Gasteiger partial charge on any atom is -0.319 e. The van der Waals surface area contributed by atoms with Crippen molar-refractivity contribution in [1.82, 2.24) is 0 Å². The summed E-state index contributed by atoms with van der Waals surface area (Å²) in [5, 5.41) is 0. The van der Waals surface area contributed by atoms with Crippen LogP contribution in [0.5, 0.6) is 0 Å². The van der Waals surface area contributed by atoms with Crippen molar-refractivity contribution in [3.63, 3.8) is 0 Å². The number of ketones is 1. The molecule has 0 unspecified atom stereocenters. The van der Waals surface area contributed by atoms with E-state index < -0.39 is 28.6 Å². The topological polar surface area (TPSA) is 104 Å². The fourth-order valence-electron chi connectivity index (χ4n) is 0.219. The Bertz CT molecular complexity index is 299. The Balaban J connectivity index is 4.36. The molecule has 0 spiro atoms. The minimum atomic E-state index is -4.71. The Morgan fingerprint density at radius 3 is 2.17 bits per heavy atom. The highest BCUT2D eigenvalue weighted by molar-refractivity contribution is 7.82. The normalized spacial score (nSPS) is 10.1. The van der Waals surface area contributed by atoms with Crippen molar-refractivity contribution in [3.05, 3.63) is 0 Å². The second-order valence-corrected chi connectivity index (χ2v) is 2.70. The molecular weight excluding hydrogens is 192 g/mol. The standard InChI is InChI=1S/C4H4O7S/c1-3(6)4(7)11-12(8,9)10-2-5/h2H,1H3. The Morgan fingerprint density at radius 2 is 1.83 bits per heavy atom.